The molecule has 0 radical (unpaired) electrons. The number of rotatable bonds is 5. The summed E-state index contributed by atoms with van der Waals surface area (Å²) in [4.78, 5) is 8.00. The van der Waals surface area contributed by atoms with Crippen LogP contribution in [0.2, 0.25) is 0 Å². The molecular formula is C16H33ClN4. The molecule has 0 aliphatic carbocycles. The third kappa shape index (κ3) is 5.07. The van der Waals surface area contributed by atoms with Gasteiger partial charge in [0.05, 0.1) is 0 Å². The third-order valence-electron chi connectivity index (χ3n) is 5.46. The fourth-order valence-corrected chi connectivity index (χ4v) is 4.00. The van der Waals surface area contributed by atoms with Gasteiger partial charge < -0.3 is 15.1 Å². The molecule has 3 heterocycles. The van der Waals surface area contributed by atoms with Crippen LogP contribution >= 0.6 is 12.4 Å². The van der Waals surface area contributed by atoms with Crippen LogP contribution in [0.15, 0.2) is 0 Å². The van der Waals surface area contributed by atoms with Gasteiger partial charge in [-0.1, -0.05) is 6.92 Å². The van der Waals surface area contributed by atoms with E-state index >= 15 is 0 Å². The molecule has 0 spiro atoms. The second-order valence-corrected chi connectivity index (χ2v) is 7.40. The molecule has 1 N–H and O–H groups in total. The molecule has 0 bridgehead atoms. The van der Waals surface area contributed by atoms with E-state index in [0.29, 0.717) is 5.41 Å². The quantitative estimate of drug-likeness (QED) is 0.820. The van der Waals surface area contributed by atoms with E-state index in [1.54, 1.807) is 0 Å². The third-order valence-corrected chi connectivity index (χ3v) is 5.46. The van der Waals surface area contributed by atoms with Crippen molar-refractivity contribution in [2.45, 2.75) is 26.2 Å². The van der Waals surface area contributed by atoms with Crippen LogP contribution in [-0.2, 0) is 0 Å². The summed E-state index contributed by atoms with van der Waals surface area (Å²) in [5, 5.41) is 3.52. The first-order valence-electron chi connectivity index (χ1n) is 8.61. The molecule has 21 heavy (non-hydrogen) atoms. The lowest BCUT2D eigenvalue weighted by atomic mass is 9.89. The maximum Gasteiger partial charge on any atom is 0.0110 e. The average Bonchev–Trinajstić information content (AvgIpc) is 3.10. The number of likely N-dealkylation sites (tertiary alicyclic amines) is 1. The molecule has 5 heteroatoms. The molecule has 124 valence electrons. The van der Waals surface area contributed by atoms with Gasteiger partial charge in [0.2, 0.25) is 0 Å². The van der Waals surface area contributed by atoms with Crippen molar-refractivity contribution in [3.05, 3.63) is 0 Å². The summed E-state index contributed by atoms with van der Waals surface area (Å²) in [6, 6.07) is 0. The van der Waals surface area contributed by atoms with Gasteiger partial charge in [0, 0.05) is 52.4 Å². The van der Waals surface area contributed by atoms with Gasteiger partial charge in [-0.3, -0.25) is 4.90 Å². The van der Waals surface area contributed by atoms with Gasteiger partial charge in [-0.25, -0.2) is 0 Å². The molecule has 3 aliphatic heterocycles. The van der Waals surface area contributed by atoms with Crippen molar-refractivity contribution in [3.8, 4) is 0 Å². The Morgan fingerprint density at radius 3 is 2.00 bits per heavy atom. The molecule has 3 fully saturated rings. The molecule has 4 nitrogen and oxygen atoms in total. The lowest BCUT2D eigenvalue weighted by molar-refractivity contribution is 0.0915. The molecule has 0 saturated carbocycles. The van der Waals surface area contributed by atoms with Gasteiger partial charge in [0.15, 0.2) is 0 Å². The molecule has 3 aliphatic rings. The van der Waals surface area contributed by atoms with Crippen LogP contribution in [0.25, 0.3) is 0 Å². The lowest BCUT2D eigenvalue weighted by Crippen LogP contribution is -2.51. The Balaban J connectivity index is 0.00000161. The Morgan fingerprint density at radius 1 is 0.857 bits per heavy atom. The molecule has 0 aromatic heterocycles. The topological polar surface area (TPSA) is 21.8 Å². The summed E-state index contributed by atoms with van der Waals surface area (Å²) >= 11 is 0. The van der Waals surface area contributed by atoms with Crippen LogP contribution < -0.4 is 5.32 Å². The fraction of sp³-hybridized carbons (Fsp3) is 1.00. The van der Waals surface area contributed by atoms with E-state index in [4.69, 9.17) is 0 Å². The molecule has 3 rings (SSSR count). The lowest BCUT2D eigenvalue weighted by Gasteiger charge is -2.39. The van der Waals surface area contributed by atoms with Gasteiger partial charge in [-0.15, -0.1) is 12.4 Å². The first-order valence-corrected chi connectivity index (χ1v) is 8.61. The van der Waals surface area contributed by atoms with Crippen molar-refractivity contribution in [2.75, 3.05) is 72.0 Å². The first-order chi connectivity index (χ1) is 9.73. The molecule has 3 saturated heterocycles. The van der Waals surface area contributed by atoms with Gasteiger partial charge in [0.25, 0.3) is 0 Å². The van der Waals surface area contributed by atoms with Crippen molar-refractivity contribution < 1.29 is 0 Å². The minimum absolute atomic E-state index is 0. The van der Waals surface area contributed by atoms with E-state index < -0.39 is 0 Å². The summed E-state index contributed by atoms with van der Waals surface area (Å²) in [6.07, 6.45) is 4.18. The van der Waals surface area contributed by atoms with Crippen LogP contribution in [0.4, 0.5) is 0 Å². The van der Waals surface area contributed by atoms with E-state index in [1.807, 2.05) is 0 Å². The van der Waals surface area contributed by atoms with E-state index in [9.17, 15) is 0 Å². The summed E-state index contributed by atoms with van der Waals surface area (Å²) < 4.78 is 0. The Kier molecular flexibility index (Phi) is 6.76. The smallest absolute Gasteiger partial charge is 0.0110 e. The van der Waals surface area contributed by atoms with E-state index in [0.717, 1.165) is 0 Å². The maximum absolute atomic E-state index is 3.52. The van der Waals surface area contributed by atoms with Crippen LogP contribution in [0.5, 0.6) is 0 Å². The molecule has 1 atom stereocenters. The molecule has 0 amide bonds. The number of hydrogen-bond donors (Lipinski definition) is 1. The monoisotopic (exact) mass is 316 g/mol. The Labute approximate surface area is 136 Å². The second kappa shape index (κ2) is 8.11. The predicted octanol–water partition coefficient (Wildman–Crippen LogP) is 1.12. The summed E-state index contributed by atoms with van der Waals surface area (Å²) in [6.45, 7) is 16.5. The van der Waals surface area contributed by atoms with Gasteiger partial charge in [-0.2, -0.15) is 0 Å². The van der Waals surface area contributed by atoms with E-state index in [2.05, 4.69) is 26.9 Å². The zero-order chi connectivity index (χ0) is 13.8. The number of nitrogens with zero attached hydrogens (tertiary/aromatic N) is 3. The standard InChI is InChI=1S/C16H32N4.ClH/c1-16(4-5-17-14-16)15-20-12-10-19(11-13-20)9-8-18-6-2-3-7-18;/h17H,2-15H2,1H3;1H. The molecule has 1 unspecified atom stereocenters. The zero-order valence-corrected chi connectivity index (χ0v) is 14.5. The number of piperazine rings is 1. The van der Waals surface area contributed by atoms with Crippen molar-refractivity contribution in [1.82, 2.24) is 20.0 Å². The van der Waals surface area contributed by atoms with Crippen molar-refractivity contribution in [1.29, 1.82) is 0 Å². The van der Waals surface area contributed by atoms with Crippen LogP contribution in [0.3, 0.4) is 0 Å². The molecule has 0 aromatic rings. The normalized spacial score (nSPS) is 32.4. The predicted molar refractivity (Wildman–Crippen MR) is 91.4 cm³/mol. The zero-order valence-electron chi connectivity index (χ0n) is 13.6. The van der Waals surface area contributed by atoms with Crippen LogP contribution in [0.1, 0.15) is 26.2 Å². The first kappa shape index (κ1) is 17.5. The van der Waals surface area contributed by atoms with Crippen molar-refractivity contribution in [2.24, 2.45) is 5.41 Å². The average molecular weight is 317 g/mol. The van der Waals surface area contributed by atoms with E-state index in [1.165, 1.54) is 91.3 Å². The van der Waals surface area contributed by atoms with Crippen molar-refractivity contribution in [3.63, 3.8) is 0 Å². The Bertz CT molecular complexity index is 293. The Morgan fingerprint density at radius 2 is 1.43 bits per heavy atom. The number of nitrogens with one attached hydrogen (secondary N) is 1. The van der Waals surface area contributed by atoms with Crippen molar-refractivity contribution >= 4 is 12.4 Å². The van der Waals surface area contributed by atoms with Crippen LogP contribution in [-0.4, -0.2) is 86.7 Å². The minimum Gasteiger partial charge on any atom is -0.316 e. The summed E-state index contributed by atoms with van der Waals surface area (Å²) in [5.74, 6) is 0. The highest BCUT2D eigenvalue weighted by Crippen LogP contribution is 2.26. The van der Waals surface area contributed by atoms with E-state index in [-0.39, 0.29) is 12.4 Å². The van der Waals surface area contributed by atoms with Crippen LogP contribution in [0, 0.1) is 5.41 Å². The fourth-order valence-electron chi connectivity index (χ4n) is 4.00. The number of hydrogen-bond acceptors (Lipinski definition) is 4. The molecule has 0 aromatic carbocycles. The van der Waals surface area contributed by atoms with Gasteiger partial charge in [-0.05, 0) is 44.3 Å². The Hall–Kier alpha value is 0.130. The highest BCUT2D eigenvalue weighted by Gasteiger charge is 2.31. The molecular weight excluding hydrogens is 284 g/mol. The summed E-state index contributed by atoms with van der Waals surface area (Å²) in [5.41, 5.74) is 0.526. The highest BCUT2D eigenvalue weighted by molar-refractivity contribution is 5.85. The summed E-state index contributed by atoms with van der Waals surface area (Å²) in [7, 11) is 0. The minimum atomic E-state index is 0. The highest BCUT2D eigenvalue weighted by atomic mass is 35.5. The van der Waals surface area contributed by atoms with Gasteiger partial charge in [0.1, 0.15) is 0 Å². The van der Waals surface area contributed by atoms with Gasteiger partial charge >= 0.3 is 0 Å². The maximum atomic E-state index is 3.52. The largest absolute Gasteiger partial charge is 0.316 e. The number of halogens is 1. The SMILES string of the molecule is CC1(CN2CCN(CCN3CCCC3)CC2)CCNC1.Cl. The second-order valence-electron chi connectivity index (χ2n) is 7.40.